The zero-order valence-corrected chi connectivity index (χ0v) is 7.64. The van der Waals surface area contributed by atoms with Crippen molar-refractivity contribution in [1.29, 1.82) is 0 Å². The summed E-state index contributed by atoms with van der Waals surface area (Å²) in [5, 5.41) is 0. The van der Waals surface area contributed by atoms with E-state index in [-0.39, 0.29) is 0 Å². The number of fused-ring (bicyclic) bond motifs is 2. The SMILES string of the molecule is CC(C)CC12C=CC(CC1)C2. The van der Waals surface area contributed by atoms with Crippen LogP contribution in [0.15, 0.2) is 12.2 Å². The van der Waals surface area contributed by atoms with Gasteiger partial charge in [-0.1, -0.05) is 26.0 Å². The van der Waals surface area contributed by atoms with E-state index in [0.29, 0.717) is 5.41 Å². The van der Waals surface area contributed by atoms with Crippen molar-refractivity contribution in [1.82, 2.24) is 0 Å². The Morgan fingerprint density at radius 3 is 2.73 bits per heavy atom. The Morgan fingerprint density at radius 2 is 2.36 bits per heavy atom. The van der Waals surface area contributed by atoms with Crippen LogP contribution >= 0.6 is 0 Å². The van der Waals surface area contributed by atoms with Crippen LogP contribution in [-0.2, 0) is 0 Å². The Balaban J connectivity index is 2.06. The normalized spacial score (nSPS) is 40.8. The van der Waals surface area contributed by atoms with Gasteiger partial charge in [0.25, 0.3) is 0 Å². The minimum Gasteiger partial charge on any atom is -0.0848 e. The third-order valence-corrected chi connectivity index (χ3v) is 3.22. The van der Waals surface area contributed by atoms with Crippen molar-refractivity contribution < 1.29 is 0 Å². The van der Waals surface area contributed by atoms with Crippen molar-refractivity contribution in [2.24, 2.45) is 17.3 Å². The number of hydrogen-bond acceptors (Lipinski definition) is 0. The predicted molar refractivity (Wildman–Crippen MR) is 48.4 cm³/mol. The molecule has 0 heterocycles. The molecule has 2 bridgehead atoms. The number of allylic oxidation sites excluding steroid dienone is 2. The summed E-state index contributed by atoms with van der Waals surface area (Å²) in [5.74, 6) is 1.82. The molecule has 0 heteroatoms. The molecule has 1 saturated carbocycles. The average molecular weight is 150 g/mol. The lowest BCUT2D eigenvalue weighted by molar-refractivity contribution is 0.316. The van der Waals surface area contributed by atoms with E-state index < -0.39 is 0 Å². The Morgan fingerprint density at radius 1 is 1.55 bits per heavy atom. The molecule has 0 N–H and O–H groups in total. The molecule has 2 rings (SSSR count). The zero-order valence-electron chi connectivity index (χ0n) is 7.64. The summed E-state index contributed by atoms with van der Waals surface area (Å²) < 4.78 is 0. The molecular formula is C11H18. The molecule has 2 unspecified atom stereocenters. The molecule has 0 aromatic carbocycles. The van der Waals surface area contributed by atoms with Gasteiger partial charge in [0.1, 0.15) is 0 Å². The lowest BCUT2D eigenvalue weighted by Crippen LogP contribution is -2.14. The first-order valence-corrected chi connectivity index (χ1v) is 4.90. The van der Waals surface area contributed by atoms with Crippen molar-refractivity contribution in [3.05, 3.63) is 12.2 Å². The van der Waals surface area contributed by atoms with E-state index in [4.69, 9.17) is 0 Å². The molecule has 2 atom stereocenters. The second kappa shape index (κ2) is 2.36. The maximum absolute atomic E-state index is 2.50. The fourth-order valence-corrected chi connectivity index (χ4v) is 2.92. The first-order valence-electron chi connectivity index (χ1n) is 4.90. The second-order valence-corrected chi connectivity index (χ2v) is 4.82. The summed E-state index contributed by atoms with van der Waals surface area (Å²) in [6.07, 6.45) is 10.8. The van der Waals surface area contributed by atoms with E-state index in [1.807, 2.05) is 0 Å². The van der Waals surface area contributed by atoms with Gasteiger partial charge in [0.2, 0.25) is 0 Å². The molecule has 0 spiro atoms. The van der Waals surface area contributed by atoms with Crippen LogP contribution in [0.4, 0.5) is 0 Å². The van der Waals surface area contributed by atoms with E-state index in [1.54, 1.807) is 0 Å². The maximum Gasteiger partial charge on any atom is -0.0110 e. The van der Waals surface area contributed by atoms with Crippen molar-refractivity contribution in [2.75, 3.05) is 0 Å². The van der Waals surface area contributed by atoms with E-state index in [9.17, 15) is 0 Å². The first-order chi connectivity index (χ1) is 5.20. The summed E-state index contributed by atoms with van der Waals surface area (Å²) in [5.41, 5.74) is 0.652. The van der Waals surface area contributed by atoms with Crippen LogP contribution in [-0.4, -0.2) is 0 Å². The molecule has 62 valence electrons. The highest BCUT2D eigenvalue weighted by Crippen LogP contribution is 2.52. The van der Waals surface area contributed by atoms with Crippen LogP contribution in [0.25, 0.3) is 0 Å². The highest BCUT2D eigenvalue weighted by atomic mass is 14.4. The van der Waals surface area contributed by atoms with Gasteiger partial charge in [0.05, 0.1) is 0 Å². The Bertz CT molecular complexity index is 178. The number of rotatable bonds is 2. The predicted octanol–water partition coefficient (Wildman–Crippen LogP) is 3.39. The lowest BCUT2D eigenvalue weighted by atomic mass is 9.80. The third-order valence-electron chi connectivity index (χ3n) is 3.22. The molecule has 0 radical (unpaired) electrons. The summed E-state index contributed by atoms with van der Waals surface area (Å²) in [6, 6.07) is 0. The molecule has 0 aromatic heterocycles. The molecule has 1 fully saturated rings. The lowest BCUT2D eigenvalue weighted by Gasteiger charge is -2.25. The van der Waals surface area contributed by atoms with Gasteiger partial charge in [-0.15, -0.1) is 0 Å². The Labute approximate surface area is 69.7 Å². The molecule has 2 aliphatic carbocycles. The van der Waals surface area contributed by atoms with Crippen molar-refractivity contribution in [3.8, 4) is 0 Å². The van der Waals surface area contributed by atoms with Gasteiger partial charge in [-0.2, -0.15) is 0 Å². The highest BCUT2D eigenvalue weighted by Gasteiger charge is 2.40. The van der Waals surface area contributed by atoms with Crippen LogP contribution in [0.2, 0.25) is 0 Å². The topological polar surface area (TPSA) is 0 Å². The van der Waals surface area contributed by atoms with Gasteiger partial charge in [-0.05, 0) is 42.9 Å². The molecule has 0 amide bonds. The van der Waals surface area contributed by atoms with Gasteiger partial charge in [-0.3, -0.25) is 0 Å². The van der Waals surface area contributed by atoms with E-state index in [2.05, 4.69) is 26.0 Å². The minimum absolute atomic E-state index is 0.652. The van der Waals surface area contributed by atoms with Crippen LogP contribution in [0.1, 0.15) is 39.5 Å². The first kappa shape index (κ1) is 7.39. The molecule has 0 nitrogen and oxygen atoms in total. The average Bonchev–Trinajstić information content (AvgIpc) is 2.43. The van der Waals surface area contributed by atoms with Crippen molar-refractivity contribution >= 4 is 0 Å². The molecule has 11 heavy (non-hydrogen) atoms. The fraction of sp³-hybridized carbons (Fsp3) is 0.818. The smallest absolute Gasteiger partial charge is 0.0110 e. The van der Waals surface area contributed by atoms with Crippen molar-refractivity contribution in [2.45, 2.75) is 39.5 Å². The summed E-state index contributed by atoms with van der Waals surface area (Å²) in [7, 11) is 0. The van der Waals surface area contributed by atoms with Crippen LogP contribution in [0, 0.1) is 17.3 Å². The maximum atomic E-state index is 2.50. The van der Waals surface area contributed by atoms with E-state index in [0.717, 1.165) is 11.8 Å². The monoisotopic (exact) mass is 150 g/mol. The largest absolute Gasteiger partial charge is 0.0848 e. The molecular weight excluding hydrogens is 132 g/mol. The van der Waals surface area contributed by atoms with Crippen LogP contribution < -0.4 is 0 Å². The molecule has 2 aliphatic rings. The van der Waals surface area contributed by atoms with E-state index in [1.165, 1.54) is 25.7 Å². The van der Waals surface area contributed by atoms with Crippen LogP contribution in [0.3, 0.4) is 0 Å². The van der Waals surface area contributed by atoms with Gasteiger partial charge in [0, 0.05) is 0 Å². The Hall–Kier alpha value is -0.260. The van der Waals surface area contributed by atoms with Gasteiger partial charge in [-0.25, -0.2) is 0 Å². The highest BCUT2D eigenvalue weighted by molar-refractivity contribution is 5.15. The van der Waals surface area contributed by atoms with Crippen LogP contribution in [0.5, 0.6) is 0 Å². The summed E-state index contributed by atoms with van der Waals surface area (Å²) >= 11 is 0. The fourth-order valence-electron chi connectivity index (χ4n) is 2.92. The molecule has 0 aliphatic heterocycles. The van der Waals surface area contributed by atoms with Gasteiger partial charge >= 0.3 is 0 Å². The minimum atomic E-state index is 0.652. The van der Waals surface area contributed by atoms with Gasteiger partial charge in [0.15, 0.2) is 0 Å². The third kappa shape index (κ3) is 1.23. The Kier molecular flexibility index (Phi) is 1.59. The molecule has 0 saturated heterocycles. The van der Waals surface area contributed by atoms with Gasteiger partial charge < -0.3 is 0 Å². The molecule has 0 aromatic rings. The summed E-state index contributed by atoms with van der Waals surface area (Å²) in [4.78, 5) is 0. The van der Waals surface area contributed by atoms with Crippen molar-refractivity contribution in [3.63, 3.8) is 0 Å². The van der Waals surface area contributed by atoms with E-state index >= 15 is 0 Å². The quantitative estimate of drug-likeness (QED) is 0.529. The standard InChI is InChI=1S/C11H18/c1-9(2)7-11-5-3-10(8-11)4-6-11/h3,5,9-10H,4,6-8H2,1-2H3. The second-order valence-electron chi connectivity index (χ2n) is 4.82. The zero-order chi connectivity index (χ0) is 7.90. The number of hydrogen-bond donors (Lipinski definition) is 0. The summed E-state index contributed by atoms with van der Waals surface area (Å²) in [6.45, 7) is 4.68.